The van der Waals surface area contributed by atoms with Crippen LogP contribution in [0.1, 0.15) is 38.7 Å². The largest absolute Gasteiger partial charge is 0.466 e. The summed E-state index contributed by atoms with van der Waals surface area (Å²) in [6, 6.07) is 9.99. The van der Waals surface area contributed by atoms with Crippen LogP contribution in [0.15, 0.2) is 30.3 Å². The van der Waals surface area contributed by atoms with E-state index in [1.165, 1.54) is 0 Å². The molecule has 0 bridgehead atoms. The maximum absolute atomic E-state index is 12.0. The third-order valence-electron chi connectivity index (χ3n) is 4.01. The van der Waals surface area contributed by atoms with E-state index < -0.39 is 5.54 Å². The van der Waals surface area contributed by atoms with E-state index in [0.717, 1.165) is 31.6 Å². The molecule has 1 aromatic carbocycles. The number of carbonyl (C=O) groups excluding carboxylic acids is 1. The maximum Gasteiger partial charge on any atom is 0.307 e. The van der Waals surface area contributed by atoms with E-state index in [-0.39, 0.29) is 18.7 Å². The van der Waals surface area contributed by atoms with Gasteiger partial charge in [0, 0.05) is 13.0 Å². The van der Waals surface area contributed by atoms with Crippen molar-refractivity contribution in [3.8, 4) is 0 Å². The van der Waals surface area contributed by atoms with E-state index in [2.05, 4.69) is 5.32 Å². The molecule has 23 heavy (non-hydrogen) atoms. The molecule has 1 N–H and O–H groups in total. The summed E-state index contributed by atoms with van der Waals surface area (Å²) in [7, 11) is 0. The van der Waals surface area contributed by atoms with Crippen LogP contribution in [0.4, 0.5) is 0 Å². The summed E-state index contributed by atoms with van der Waals surface area (Å²) in [5.74, 6) is -0.198. The average Bonchev–Trinajstić information content (AvgIpc) is 2.57. The number of ether oxygens (including phenoxy) is 3. The van der Waals surface area contributed by atoms with Crippen LogP contribution in [0.2, 0.25) is 0 Å². The molecular weight excluding hydrogens is 294 g/mol. The van der Waals surface area contributed by atoms with Crippen molar-refractivity contribution in [3.05, 3.63) is 35.9 Å². The van der Waals surface area contributed by atoms with Crippen LogP contribution in [-0.4, -0.2) is 38.6 Å². The number of carbonyl (C=O) groups is 1. The fraction of sp³-hybridized carbons (Fsp3) is 0.611. The van der Waals surface area contributed by atoms with Gasteiger partial charge in [-0.3, -0.25) is 4.79 Å². The van der Waals surface area contributed by atoms with Crippen LogP contribution in [0.5, 0.6) is 0 Å². The highest BCUT2D eigenvalue weighted by Gasteiger charge is 2.30. The van der Waals surface area contributed by atoms with Crippen molar-refractivity contribution in [2.45, 2.75) is 44.9 Å². The Balaban J connectivity index is 1.96. The first-order chi connectivity index (χ1) is 11.1. The summed E-state index contributed by atoms with van der Waals surface area (Å²) in [4.78, 5) is 12.0. The molecule has 5 heteroatoms. The van der Waals surface area contributed by atoms with Gasteiger partial charge in [0.15, 0.2) is 6.29 Å². The molecule has 2 rings (SSSR count). The summed E-state index contributed by atoms with van der Waals surface area (Å²) >= 11 is 0. The Kier molecular flexibility index (Phi) is 7.02. The summed E-state index contributed by atoms with van der Waals surface area (Å²) in [5.41, 5.74) is 0.598. The Morgan fingerprint density at radius 3 is 2.65 bits per heavy atom. The monoisotopic (exact) mass is 321 g/mol. The highest BCUT2D eigenvalue weighted by atomic mass is 16.7. The van der Waals surface area contributed by atoms with Crippen molar-refractivity contribution in [2.24, 2.45) is 0 Å². The molecule has 0 spiro atoms. The molecule has 1 aliphatic rings. The lowest BCUT2D eigenvalue weighted by Crippen LogP contribution is -2.43. The summed E-state index contributed by atoms with van der Waals surface area (Å²) in [5, 5.41) is 3.49. The normalized spacial score (nSPS) is 18.3. The molecule has 1 unspecified atom stereocenters. The number of hydrogen-bond acceptors (Lipinski definition) is 5. The third-order valence-corrected chi connectivity index (χ3v) is 4.01. The molecule has 0 radical (unpaired) electrons. The Labute approximate surface area is 138 Å². The predicted octanol–water partition coefficient (Wildman–Crippen LogP) is 2.60. The van der Waals surface area contributed by atoms with E-state index in [1.807, 2.05) is 44.2 Å². The molecule has 128 valence electrons. The molecule has 1 aliphatic heterocycles. The highest BCUT2D eigenvalue weighted by Crippen LogP contribution is 2.25. The molecule has 0 amide bonds. The average molecular weight is 321 g/mol. The summed E-state index contributed by atoms with van der Waals surface area (Å²) in [6.45, 7) is 6.46. The molecule has 1 atom stereocenters. The van der Waals surface area contributed by atoms with E-state index in [4.69, 9.17) is 14.2 Å². The number of hydrogen-bond donors (Lipinski definition) is 1. The smallest absolute Gasteiger partial charge is 0.307 e. The Bertz CT molecular complexity index is 473. The van der Waals surface area contributed by atoms with E-state index >= 15 is 0 Å². The minimum Gasteiger partial charge on any atom is -0.466 e. The Morgan fingerprint density at radius 2 is 2.00 bits per heavy atom. The van der Waals surface area contributed by atoms with E-state index in [9.17, 15) is 4.79 Å². The van der Waals surface area contributed by atoms with Crippen molar-refractivity contribution in [1.82, 2.24) is 5.32 Å². The van der Waals surface area contributed by atoms with Crippen LogP contribution >= 0.6 is 0 Å². The van der Waals surface area contributed by atoms with Gasteiger partial charge in [-0.15, -0.1) is 0 Å². The van der Waals surface area contributed by atoms with Crippen LogP contribution in [0.25, 0.3) is 0 Å². The second-order valence-corrected chi connectivity index (χ2v) is 5.92. The number of rotatable bonds is 8. The molecule has 1 heterocycles. The molecule has 0 saturated carbocycles. The number of esters is 1. The molecule has 1 saturated heterocycles. The second kappa shape index (κ2) is 9.01. The molecule has 1 fully saturated rings. The molecule has 5 nitrogen and oxygen atoms in total. The number of benzene rings is 1. The lowest BCUT2D eigenvalue weighted by molar-refractivity contribution is -0.180. The van der Waals surface area contributed by atoms with Gasteiger partial charge in [-0.1, -0.05) is 30.3 Å². The summed E-state index contributed by atoms with van der Waals surface area (Å²) in [6.07, 6.45) is 1.84. The highest BCUT2D eigenvalue weighted by molar-refractivity contribution is 5.71. The predicted molar refractivity (Wildman–Crippen MR) is 88.0 cm³/mol. The van der Waals surface area contributed by atoms with Gasteiger partial charge in [0.2, 0.25) is 0 Å². The van der Waals surface area contributed by atoms with Crippen LogP contribution in [0, 0.1) is 0 Å². The summed E-state index contributed by atoms with van der Waals surface area (Å²) < 4.78 is 16.3. The zero-order valence-corrected chi connectivity index (χ0v) is 14.0. The van der Waals surface area contributed by atoms with Crippen LogP contribution < -0.4 is 5.32 Å². The van der Waals surface area contributed by atoms with E-state index in [0.29, 0.717) is 13.2 Å². The fourth-order valence-electron chi connectivity index (χ4n) is 2.74. The molecule has 0 aliphatic carbocycles. The third kappa shape index (κ3) is 5.61. The standard InChI is InChI=1S/C18H27NO4/c1-3-21-16(20)14-18(2,15-8-5-4-6-9-15)19-11-10-17-22-12-7-13-23-17/h4-6,8-9,17,19H,3,7,10-14H2,1-2H3. The zero-order chi connectivity index (χ0) is 16.5. The first-order valence-electron chi connectivity index (χ1n) is 8.33. The quantitative estimate of drug-likeness (QED) is 0.746. The van der Waals surface area contributed by atoms with E-state index in [1.54, 1.807) is 0 Å². The minimum atomic E-state index is -0.470. The van der Waals surface area contributed by atoms with Crippen molar-refractivity contribution in [1.29, 1.82) is 0 Å². The topological polar surface area (TPSA) is 56.8 Å². The van der Waals surface area contributed by atoms with Gasteiger partial charge in [0.05, 0.1) is 31.8 Å². The molecule has 1 aromatic rings. The molecule has 0 aromatic heterocycles. The van der Waals surface area contributed by atoms with Gasteiger partial charge in [-0.2, -0.15) is 0 Å². The Morgan fingerprint density at radius 1 is 1.30 bits per heavy atom. The lowest BCUT2D eigenvalue weighted by Gasteiger charge is -2.32. The van der Waals surface area contributed by atoms with Gasteiger partial charge in [-0.25, -0.2) is 0 Å². The van der Waals surface area contributed by atoms with Gasteiger partial charge in [0.1, 0.15) is 0 Å². The fourth-order valence-corrected chi connectivity index (χ4v) is 2.74. The maximum atomic E-state index is 12.0. The van der Waals surface area contributed by atoms with Crippen molar-refractivity contribution >= 4 is 5.97 Å². The van der Waals surface area contributed by atoms with Crippen molar-refractivity contribution < 1.29 is 19.0 Å². The minimum absolute atomic E-state index is 0.154. The first-order valence-corrected chi connectivity index (χ1v) is 8.33. The zero-order valence-electron chi connectivity index (χ0n) is 14.0. The van der Waals surface area contributed by atoms with Crippen LogP contribution in [-0.2, 0) is 24.5 Å². The van der Waals surface area contributed by atoms with Gasteiger partial charge >= 0.3 is 5.97 Å². The SMILES string of the molecule is CCOC(=O)CC(C)(NCCC1OCCCO1)c1ccccc1. The van der Waals surface area contributed by atoms with Crippen molar-refractivity contribution in [2.75, 3.05) is 26.4 Å². The number of nitrogens with one attached hydrogen (secondary N) is 1. The second-order valence-electron chi connectivity index (χ2n) is 5.92. The van der Waals surface area contributed by atoms with Gasteiger partial charge < -0.3 is 19.5 Å². The van der Waals surface area contributed by atoms with Crippen molar-refractivity contribution in [3.63, 3.8) is 0 Å². The molecular formula is C18H27NO4. The van der Waals surface area contributed by atoms with Gasteiger partial charge in [-0.05, 0) is 25.8 Å². The van der Waals surface area contributed by atoms with Crippen LogP contribution in [0.3, 0.4) is 0 Å². The lowest BCUT2D eigenvalue weighted by atomic mass is 9.88. The Hall–Kier alpha value is -1.43. The first kappa shape index (κ1) is 17.9. The van der Waals surface area contributed by atoms with Gasteiger partial charge in [0.25, 0.3) is 0 Å².